The molecule has 2 heteroatoms. The maximum Gasteiger partial charge on any atom is 0.0992 e. The summed E-state index contributed by atoms with van der Waals surface area (Å²) in [5, 5.41) is 12.0. The Morgan fingerprint density at radius 2 is 2.23 bits per heavy atom. The fourth-order valence-corrected chi connectivity index (χ4v) is 1.14. The van der Waals surface area contributed by atoms with Crippen molar-refractivity contribution in [3.05, 3.63) is 29.3 Å². The first kappa shape index (κ1) is 9.60. The van der Waals surface area contributed by atoms with Crippen molar-refractivity contribution in [3.63, 3.8) is 0 Å². The van der Waals surface area contributed by atoms with Gasteiger partial charge in [0.05, 0.1) is 11.6 Å². The second-order valence-corrected chi connectivity index (χ2v) is 3.07. The molecule has 0 aliphatic carbocycles. The number of aryl methyl sites for hydroxylation is 1. The molecule has 13 heavy (non-hydrogen) atoms. The Kier molecular flexibility index (Phi) is 3.33. The summed E-state index contributed by atoms with van der Waals surface area (Å²) in [5.74, 6) is 0. The van der Waals surface area contributed by atoms with Gasteiger partial charge in [-0.25, -0.2) is 0 Å². The summed E-state index contributed by atoms with van der Waals surface area (Å²) in [7, 11) is 0. The molecule has 0 heterocycles. The molecule has 0 saturated carbocycles. The first-order valence-corrected chi connectivity index (χ1v) is 4.52. The lowest BCUT2D eigenvalue weighted by molar-refractivity contribution is 0.977. The fraction of sp³-hybridized carbons (Fsp3) is 0.364. The highest BCUT2D eigenvalue weighted by atomic mass is 14.9. The molecular formula is C11H14N2. The molecule has 2 nitrogen and oxygen atoms in total. The van der Waals surface area contributed by atoms with E-state index in [1.165, 1.54) is 5.56 Å². The maximum atomic E-state index is 8.70. The third-order valence-electron chi connectivity index (χ3n) is 1.93. The second-order valence-electron chi connectivity index (χ2n) is 3.07. The average Bonchev–Trinajstić information content (AvgIpc) is 2.17. The van der Waals surface area contributed by atoms with Crippen LogP contribution in [0, 0.1) is 18.3 Å². The summed E-state index contributed by atoms with van der Waals surface area (Å²) in [4.78, 5) is 0. The highest BCUT2D eigenvalue weighted by Crippen LogP contribution is 2.15. The topological polar surface area (TPSA) is 35.8 Å². The molecule has 0 atom stereocenters. The average molecular weight is 174 g/mol. The minimum Gasteiger partial charge on any atom is -0.385 e. The van der Waals surface area contributed by atoms with Crippen LogP contribution in [-0.2, 0) is 0 Å². The molecule has 0 aliphatic heterocycles. The summed E-state index contributed by atoms with van der Waals surface area (Å²) in [6, 6.07) is 7.83. The third kappa shape index (κ3) is 2.48. The molecule has 1 aromatic carbocycles. The zero-order chi connectivity index (χ0) is 9.68. The number of rotatable bonds is 3. The minimum atomic E-state index is 0.712. The van der Waals surface area contributed by atoms with Crippen LogP contribution in [0.5, 0.6) is 0 Å². The summed E-state index contributed by atoms with van der Waals surface area (Å²) in [6.45, 7) is 5.12. The molecule has 68 valence electrons. The molecular weight excluding hydrogens is 160 g/mol. The van der Waals surface area contributed by atoms with E-state index in [1.54, 1.807) is 0 Å². The predicted octanol–water partition coefficient (Wildman–Crippen LogP) is 2.69. The summed E-state index contributed by atoms with van der Waals surface area (Å²) >= 11 is 0. The van der Waals surface area contributed by atoms with E-state index >= 15 is 0 Å². The molecule has 1 rings (SSSR count). The zero-order valence-corrected chi connectivity index (χ0v) is 8.09. The molecule has 0 amide bonds. The molecule has 0 unspecified atom stereocenters. The summed E-state index contributed by atoms with van der Waals surface area (Å²) in [6.07, 6.45) is 1.09. The number of nitrogens with zero attached hydrogens (tertiary/aromatic N) is 1. The van der Waals surface area contributed by atoms with Gasteiger partial charge in [-0.15, -0.1) is 0 Å². The fourth-order valence-electron chi connectivity index (χ4n) is 1.14. The van der Waals surface area contributed by atoms with Crippen LogP contribution in [0.2, 0.25) is 0 Å². The quantitative estimate of drug-likeness (QED) is 0.764. The normalized spacial score (nSPS) is 9.31. The Morgan fingerprint density at radius 3 is 2.85 bits per heavy atom. The standard InChI is InChI=1S/C11H14N2/c1-3-6-13-11-7-10(8-12)5-4-9(11)2/h4-5,7,13H,3,6H2,1-2H3. The van der Waals surface area contributed by atoms with E-state index in [1.807, 2.05) is 25.1 Å². The summed E-state index contributed by atoms with van der Waals surface area (Å²) < 4.78 is 0. The lowest BCUT2D eigenvalue weighted by Gasteiger charge is -2.07. The van der Waals surface area contributed by atoms with Gasteiger partial charge in [-0.2, -0.15) is 5.26 Å². The Balaban J connectivity index is 2.85. The van der Waals surface area contributed by atoms with Gasteiger partial charge in [-0.1, -0.05) is 13.0 Å². The number of nitrogens with one attached hydrogen (secondary N) is 1. The van der Waals surface area contributed by atoms with Crippen molar-refractivity contribution >= 4 is 5.69 Å². The van der Waals surface area contributed by atoms with Crippen molar-refractivity contribution in [2.24, 2.45) is 0 Å². The Morgan fingerprint density at radius 1 is 1.46 bits per heavy atom. The van der Waals surface area contributed by atoms with Gasteiger partial charge in [0, 0.05) is 12.2 Å². The number of nitriles is 1. The van der Waals surface area contributed by atoms with E-state index in [2.05, 4.69) is 18.3 Å². The number of anilines is 1. The van der Waals surface area contributed by atoms with Crippen LogP contribution in [0.1, 0.15) is 24.5 Å². The van der Waals surface area contributed by atoms with Gasteiger partial charge in [0.2, 0.25) is 0 Å². The van der Waals surface area contributed by atoms with E-state index in [4.69, 9.17) is 5.26 Å². The smallest absolute Gasteiger partial charge is 0.0992 e. The van der Waals surface area contributed by atoms with Crippen molar-refractivity contribution in [2.75, 3.05) is 11.9 Å². The van der Waals surface area contributed by atoms with E-state index < -0.39 is 0 Å². The minimum absolute atomic E-state index is 0.712. The largest absolute Gasteiger partial charge is 0.385 e. The SMILES string of the molecule is CCCNc1cc(C#N)ccc1C. The third-order valence-corrected chi connectivity index (χ3v) is 1.93. The van der Waals surface area contributed by atoms with Gasteiger partial charge in [-0.05, 0) is 31.0 Å². The Hall–Kier alpha value is -1.49. The molecule has 0 bridgehead atoms. The van der Waals surface area contributed by atoms with Gasteiger partial charge in [0.15, 0.2) is 0 Å². The van der Waals surface area contributed by atoms with E-state index in [0.717, 1.165) is 18.7 Å². The monoisotopic (exact) mass is 174 g/mol. The molecule has 0 radical (unpaired) electrons. The van der Waals surface area contributed by atoms with Crippen molar-refractivity contribution in [1.29, 1.82) is 5.26 Å². The molecule has 0 spiro atoms. The van der Waals surface area contributed by atoms with Crippen molar-refractivity contribution in [2.45, 2.75) is 20.3 Å². The van der Waals surface area contributed by atoms with E-state index in [0.29, 0.717) is 5.56 Å². The molecule has 0 saturated heterocycles. The lowest BCUT2D eigenvalue weighted by Crippen LogP contribution is -2.01. The van der Waals surface area contributed by atoms with E-state index in [-0.39, 0.29) is 0 Å². The highest BCUT2D eigenvalue weighted by Gasteiger charge is 1.98. The number of hydrogen-bond donors (Lipinski definition) is 1. The van der Waals surface area contributed by atoms with Crippen LogP contribution >= 0.6 is 0 Å². The molecule has 0 aliphatic rings. The first-order valence-electron chi connectivity index (χ1n) is 4.52. The van der Waals surface area contributed by atoms with E-state index in [9.17, 15) is 0 Å². The van der Waals surface area contributed by atoms with Crippen molar-refractivity contribution in [1.82, 2.24) is 0 Å². The second kappa shape index (κ2) is 4.51. The zero-order valence-electron chi connectivity index (χ0n) is 8.09. The molecule has 0 fully saturated rings. The highest BCUT2D eigenvalue weighted by molar-refractivity contribution is 5.55. The van der Waals surface area contributed by atoms with Gasteiger partial charge < -0.3 is 5.32 Å². The lowest BCUT2D eigenvalue weighted by atomic mass is 10.1. The van der Waals surface area contributed by atoms with Gasteiger partial charge >= 0.3 is 0 Å². The van der Waals surface area contributed by atoms with Crippen molar-refractivity contribution < 1.29 is 0 Å². The first-order chi connectivity index (χ1) is 6.27. The predicted molar refractivity (Wildman–Crippen MR) is 54.7 cm³/mol. The van der Waals surface area contributed by atoms with Crippen LogP contribution < -0.4 is 5.32 Å². The van der Waals surface area contributed by atoms with Crippen LogP contribution in [-0.4, -0.2) is 6.54 Å². The number of hydrogen-bond acceptors (Lipinski definition) is 2. The van der Waals surface area contributed by atoms with Crippen LogP contribution in [0.3, 0.4) is 0 Å². The molecule has 1 aromatic rings. The molecule has 0 aromatic heterocycles. The molecule has 1 N–H and O–H groups in total. The van der Waals surface area contributed by atoms with Gasteiger partial charge in [-0.3, -0.25) is 0 Å². The maximum absolute atomic E-state index is 8.70. The van der Waals surface area contributed by atoms with Gasteiger partial charge in [0.25, 0.3) is 0 Å². The van der Waals surface area contributed by atoms with Gasteiger partial charge in [0.1, 0.15) is 0 Å². The number of benzene rings is 1. The summed E-state index contributed by atoms with van der Waals surface area (Å²) in [5.41, 5.74) is 2.97. The van der Waals surface area contributed by atoms with Crippen LogP contribution in [0.15, 0.2) is 18.2 Å². The van der Waals surface area contributed by atoms with Crippen LogP contribution in [0.4, 0.5) is 5.69 Å². The Labute approximate surface area is 79.2 Å². The Bertz CT molecular complexity index is 323. The van der Waals surface area contributed by atoms with Crippen molar-refractivity contribution in [3.8, 4) is 6.07 Å². The van der Waals surface area contributed by atoms with Crippen LogP contribution in [0.25, 0.3) is 0 Å².